The number of carbonyl (C=O) groups is 1. The number of hydrogen-bond donors (Lipinski definition) is 0. The maximum absolute atomic E-state index is 12.6. The van der Waals surface area contributed by atoms with Crippen molar-refractivity contribution >= 4 is 32.7 Å². The summed E-state index contributed by atoms with van der Waals surface area (Å²) in [6.45, 7) is 0.626. The summed E-state index contributed by atoms with van der Waals surface area (Å²) in [5.74, 6) is 0.917. The van der Waals surface area contributed by atoms with E-state index in [9.17, 15) is 13.2 Å². The molecule has 2 aromatic carbocycles. The zero-order valence-electron chi connectivity index (χ0n) is 17.4. The van der Waals surface area contributed by atoms with Crippen LogP contribution in [-0.4, -0.2) is 60.8 Å². The molecule has 8 heteroatoms. The van der Waals surface area contributed by atoms with Gasteiger partial charge in [-0.2, -0.15) is 4.99 Å². The third-order valence-corrected chi connectivity index (χ3v) is 8.91. The molecule has 0 N–H and O–H groups in total. The summed E-state index contributed by atoms with van der Waals surface area (Å²) in [4.78, 5) is 19.0. The van der Waals surface area contributed by atoms with Crippen molar-refractivity contribution in [1.82, 2.24) is 4.90 Å². The van der Waals surface area contributed by atoms with E-state index < -0.39 is 9.84 Å². The molecule has 0 unspecified atom stereocenters. The van der Waals surface area contributed by atoms with E-state index in [2.05, 4.69) is 4.99 Å². The Bertz CT molecular complexity index is 1050. The number of hydrogen-bond acceptors (Lipinski definition) is 5. The lowest BCUT2D eigenvalue weighted by Crippen LogP contribution is -2.39. The van der Waals surface area contributed by atoms with E-state index >= 15 is 0 Å². The highest BCUT2D eigenvalue weighted by molar-refractivity contribution is 8.15. The van der Waals surface area contributed by atoms with Crippen LogP contribution in [0.2, 0.25) is 0 Å². The quantitative estimate of drug-likeness (QED) is 0.635. The second-order valence-corrected chi connectivity index (χ2v) is 11.2. The monoisotopic (exact) mass is 458 g/mol. The van der Waals surface area contributed by atoms with Crippen LogP contribution in [0.1, 0.15) is 17.5 Å². The maximum atomic E-state index is 12.6. The molecule has 31 heavy (non-hydrogen) atoms. The molecule has 2 aliphatic heterocycles. The first-order valence-electron chi connectivity index (χ1n) is 10.4. The number of benzene rings is 2. The van der Waals surface area contributed by atoms with Gasteiger partial charge in [-0.3, -0.25) is 4.79 Å². The molecule has 164 valence electrons. The van der Waals surface area contributed by atoms with Gasteiger partial charge >= 0.3 is 0 Å². The average Bonchev–Trinajstić information content (AvgIpc) is 3.22. The lowest BCUT2D eigenvalue weighted by molar-refractivity contribution is -0.117. The van der Waals surface area contributed by atoms with Crippen molar-refractivity contribution in [3.05, 3.63) is 65.7 Å². The maximum Gasteiger partial charge on any atom is 0.248 e. The molecule has 2 aromatic rings. The molecular weight excluding hydrogens is 432 g/mol. The van der Waals surface area contributed by atoms with Gasteiger partial charge < -0.3 is 9.64 Å². The van der Waals surface area contributed by atoms with Crippen LogP contribution in [0.4, 0.5) is 0 Å². The van der Waals surface area contributed by atoms with Crippen molar-refractivity contribution in [3.8, 4) is 5.75 Å². The highest BCUT2D eigenvalue weighted by atomic mass is 32.2. The molecule has 4 rings (SSSR count). The first-order valence-corrected chi connectivity index (χ1v) is 13.1. The Labute approximate surface area is 187 Å². The van der Waals surface area contributed by atoms with E-state index in [0.29, 0.717) is 24.6 Å². The molecule has 0 aromatic heterocycles. The first kappa shape index (κ1) is 21.9. The number of sulfone groups is 1. The topological polar surface area (TPSA) is 76.0 Å². The molecule has 2 saturated heterocycles. The zero-order valence-corrected chi connectivity index (χ0v) is 19.1. The van der Waals surface area contributed by atoms with Crippen molar-refractivity contribution in [2.24, 2.45) is 4.99 Å². The van der Waals surface area contributed by atoms with Crippen LogP contribution >= 0.6 is 11.8 Å². The van der Waals surface area contributed by atoms with Gasteiger partial charge in [0.1, 0.15) is 5.75 Å². The molecule has 2 fully saturated rings. The summed E-state index contributed by atoms with van der Waals surface area (Å²) < 4.78 is 29.5. The van der Waals surface area contributed by atoms with Gasteiger partial charge in [-0.05, 0) is 36.1 Å². The summed E-state index contributed by atoms with van der Waals surface area (Å²) in [5.41, 5.74) is 2.24. The van der Waals surface area contributed by atoms with Gasteiger partial charge in [0.2, 0.25) is 5.91 Å². The minimum absolute atomic E-state index is 0.0541. The number of rotatable bonds is 7. The van der Waals surface area contributed by atoms with Gasteiger partial charge in [0.05, 0.1) is 24.7 Å². The largest absolute Gasteiger partial charge is 0.497 e. The average molecular weight is 459 g/mol. The highest BCUT2D eigenvalue weighted by Gasteiger charge is 2.48. The number of fused-ring (bicyclic) bond motifs is 1. The summed E-state index contributed by atoms with van der Waals surface area (Å²) in [6.07, 6.45) is 1.73. The van der Waals surface area contributed by atoms with Crippen molar-refractivity contribution in [3.63, 3.8) is 0 Å². The third-order valence-electron chi connectivity index (χ3n) is 5.67. The molecule has 2 heterocycles. The molecular formula is C23H26N2O4S2. The number of thioether (sulfide) groups is 1. The van der Waals surface area contributed by atoms with Crippen LogP contribution in [0.5, 0.6) is 5.75 Å². The Morgan fingerprint density at radius 3 is 2.48 bits per heavy atom. The van der Waals surface area contributed by atoms with Crippen molar-refractivity contribution in [1.29, 1.82) is 0 Å². The fraction of sp³-hybridized carbons (Fsp3) is 0.391. The number of carbonyl (C=O) groups excluding carboxylic acids is 1. The molecule has 0 radical (unpaired) electrons. The number of aliphatic imine (C=N–C) groups is 1. The summed E-state index contributed by atoms with van der Waals surface area (Å²) in [5, 5.41) is 0.609. The van der Waals surface area contributed by atoms with Gasteiger partial charge in [-0.15, -0.1) is 0 Å². The van der Waals surface area contributed by atoms with E-state index in [0.717, 1.165) is 23.3 Å². The molecule has 0 bridgehead atoms. The Balaban J connectivity index is 1.45. The van der Waals surface area contributed by atoms with Crippen LogP contribution in [0.3, 0.4) is 0 Å². The second-order valence-electron chi connectivity index (χ2n) is 7.87. The van der Waals surface area contributed by atoms with E-state index in [-0.39, 0.29) is 28.7 Å². The van der Waals surface area contributed by atoms with Crippen molar-refractivity contribution < 1.29 is 17.9 Å². The van der Waals surface area contributed by atoms with E-state index in [4.69, 9.17) is 4.74 Å². The molecule has 0 saturated carbocycles. The number of amidine groups is 1. The molecule has 2 atom stereocenters. The van der Waals surface area contributed by atoms with E-state index in [1.807, 2.05) is 59.5 Å². The second kappa shape index (κ2) is 9.44. The van der Waals surface area contributed by atoms with Gasteiger partial charge in [0.15, 0.2) is 15.0 Å². The molecule has 0 aliphatic carbocycles. The predicted octanol–water partition coefficient (Wildman–Crippen LogP) is 2.97. The highest BCUT2D eigenvalue weighted by Crippen LogP contribution is 2.38. The van der Waals surface area contributed by atoms with Crippen LogP contribution in [0, 0.1) is 0 Å². The van der Waals surface area contributed by atoms with Crippen LogP contribution in [-0.2, 0) is 27.5 Å². The Hall–Kier alpha value is -2.32. The fourth-order valence-corrected chi connectivity index (χ4v) is 7.99. The number of methoxy groups -OCH3 is 1. The minimum atomic E-state index is -3.05. The van der Waals surface area contributed by atoms with Crippen LogP contribution < -0.4 is 4.74 Å². The smallest absolute Gasteiger partial charge is 0.248 e. The number of ether oxygens (including phenoxy) is 1. The lowest BCUT2D eigenvalue weighted by Gasteiger charge is -2.24. The Morgan fingerprint density at radius 2 is 1.77 bits per heavy atom. The van der Waals surface area contributed by atoms with Crippen molar-refractivity contribution in [2.75, 3.05) is 25.2 Å². The summed E-state index contributed by atoms with van der Waals surface area (Å²) in [7, 11) is -1.41. The molecule has 2 aliphatic rings. The number of nitrogens with zero attached hydrogens (tertiary/aromatic N) is 2. The SMILES string of the molecule is COc1ccc(CCN2C(=NC(=O)CCc3ccccc3)S[C@@H]3CS(=O)(=O)C[C@@H]32)cc1. The molecule has 6 nitrogen and oxygen atoms in total. The number of amides is 1. The first-order chi connectivity index (χ1) is 14.9. The third kappa shape index (κ3) is 5.49. The minimum Gasteiger partial charge on any atom is -0.497 e. The molecule has 1 amide bonds. The van der Waals surface area contributed by atoms with Crippen LogP contribution in [0.25, 0.3) is 0 Å². The van der Waals surface area contributed by atoms with Crippen LogP contribution in [0.15, 0.2) is 59.6 Å². The van der Waals surface area contributed by atoms with E-state index in [1.165, 1.54) is 11.8 Å². The van der Waals surface area contributed by atoms with Crippen molar-refractivity contribution in [2.45, 2.75) is 30.6 Å². The normalized spacial score (nSPS) is 23.1. The standard InChI is InChI=1S/C23H26N2O4S2/c1-29-19-10-7-18(8-11-19)13-14-25-20-15-31(27,28)16-21(20)30-23(25)24-22(26)12-9-17-5-3-2-4-6-17/h2-8,10-11,20-21H,9,12-16H2,1H3/t20-,21+/m0/s1. The predicted molar refractivity (Wildman–Crippen MR) is 124 cm³/mol. The summed E-state index contributed by atoms with van der Waals surface area (Å²) in [6, 6.07) is 17.6. The number of aryl methyl sites for hydroxylation is 1. The fourth-order valence-electron chi connectivity index (χ4n) is 4.00. The lowest BCUT2D eigenvalue weighted by atomic mass is 10.1. The van der Waals surface area contributed by atoms with Gasteiger partial charge in [-0.1, -0.05) is 54.2 Å². The Morgan fingerprint density at radius 1 is 1.06 bits per heavy atom. The molecule has 0 spiro atoms. The van der Waals surface area contributed by atoms with E-state index in [1.54, 1.807) is 7.11 Å². The van der Waals surface area contributed by atoms with Gasteiger partial charge in [0.25, 0.3) is 0 Å². The summed E-state index contributed by atoms with van der Waals surface area (Å²) >= 11 is 1.44. The van der Waals surface area contributed by atoms with Gasteiger partial charge in [0, 0.05) is 18.2 Å². The zero-order chi connectivity index (χ0) is 21.8. The van der Waals surface area contributed by atoms with Gasteiger partial charge in [-0.25, -0.2) is 8.42 Å². The Kier molecular flexibility index (Phi) is 6.67.